The summed E-state index contributed by atoms with van der Waals surface area (Å²) >= 11 is 1.47. The van der Waals surface area contributed by atoms with Crippen LogP contribution in [0.3, 0.4) is 0 Å². The van der Waals surface area contributed by atoms with Gasteiger partial charge in [0.05, 0.1) is 46.1 Å². The molecule has 3 fully saturated rings. The van der Waals surface area contributed by atoms with Gasteiger partial charge in [-0.3, -0.25) is 4.79 Å². The van der Waals surface area contributed by atoms with Crippen LogP contribution in [0.15, 0.2) is 121 Å². The van der Waals surface area contributed by atoms with Crippen LogP contribution in [-0.4, -0.2) is 97.4 Å². The molecule has 0 bridgehead atoms. The van der Waals surface area contributed by atoms with Crippen molar-refractivity contribution in [3.8, 4) is 0 Å². The number of rotatable bonds is 22. The Bertz CT molecular complexity index is 1970. The van der Waals surface area contributed by atoms with Crippen LogP contribution in [0.4, 0.5) is 4.79 Å². The second-order valence-corrected chi connectivity index (χ2v) is 16.6. The second-order valence-electron chi connectivity index (χ2n) is 15.2. The minimum Gasteiger partial charge on any atom is -0.454 e. The van der Waals surface area contributed by atoms with Gasteiger partial charge >= 0.3 is 12.1 Å². The molecule has 0 radical (unpaired) electrons. The van der Waals surface area contributed by atoms with E-state index in [1.165, 1.54) is 18.7 Å². The molecule has 330 valence electrons. The van der Waals surface area contributed by atoms with Crippen molar-refractivity contribution in [3.63, 3.8) is 0 Å². The standard InChI is InChI=1S/C48H54O13S/c1-3-62-47-45-43(60-48(51)61-45)41(38(57-47)31-53-27-34-18-10-5-11-19-34)59-46-44(58-39(50)25-24-32(2)49)42(55-29-36-22-14-7-15-23-36)40(54-28-35-20-12-6-13-21-35)37(56-46)30-52-26-33-16-8-4-9-17-33/h4-23,37-38,40-47H,3,24-31H2,1-2H3/t37-,38-,40+,41-,42+,43+,44-,45-,46+,47+/m1/s1. The molecule has 0 aliphatic carbocycles. The molecule has 14 heteroatoms. The molecule has 3 aliphatic rings. The van der Waals surface area contributed by atoms with Crippen LogP contribution >= 0.6 is 11.8 Å². The van der Waals surface area contributed by atoms with E-state index in [1.807, 2.05) is 128 Å². The van der Waals surface area contributed by atoms with Crippen LogP contribution in [0.5, 0.6) is 0 Å². The van der Waals surface area contributed by atoms with E-state index >= 15 is 0 Å². The number of thioether (sulfide) groups is 1. The summed E-state index contributed by atoms with van der Waals surface area (Å²) in [6.45, 7) is 4.35. The molecule has 62 heavy (non-hydrogen) atoms. The summed E-state index contributed by atoms with van der Waals surface area (Å²) in [7, 11) is 0. The molecule has 0 spiro atoms. The van der Waals surface area contributed by atoms with Crippen molar-refractivity contribution in [2.45, 2.75) is 114 Å². The monoisotopic (exact) mass is 870 g/mol. The Labute approximate surface area is 366 Å². The number of benzene rings is 4. The number of carbonyl (C=O) groups excluding carboxylic acids is 3. The minimum absolute atomic E-state index is 0.0256. The van der Waals surface area contributed by atoms with Gasteiger partial charge in [-0.2, -0.15) is 0 Å². The highest BCUT2D eigenvalue weighted by atomic mass is 32.2. The molecule has 0 N–H and O–H groups in total. The topological polar surface area (TPSA) is 144 Å². The van der Waals surface area contributed by atoms with Gasteiger partial charge in [-0.15, -0.1) is 11.8 Å². The third-order valence-electron chi connectivity index (χ3n) is 10.6. The van der Waals surface area contributed by atoms with Crippen molar-refractivity contribution in [3.05, 3.63) is 144 Å². The first-order chi connectivity index (χ1) is 30.3. The Morgan fingerprint density at radius 2 is 1.06 bits per heavy atom. The van der Waals surface area contributed by atoms with E-state index in [2.05, 4.69) is 0 Å². The molecule has 4 aromatic carbocycles. The number of esters is 1. The summed E-state index contributed by atoms with van der Waals surface area (Å²) in [4.78, 5) is 38.6. The fraction of sp³-hybridized carbons (Fsp3) is 0.438. The summed E-state index contributed by atoms with van der Waals surface area (Å²) in [6.07, 6.45) is -9.94. The van der Waals surface area contributed by atoms with Crippen molar-refractivity contribution in [2.75, 3.05) is 19.0 Å². The highest BCUT2D eigenvalue weighted by molar-refractivity contribution is 7.99. The molecular weight excluding hydrogens is 817 g/mol. The number of ether oxygens (including phenoxy) is 10. The summed E-state index contributed by atoms with van der Waals surface area (Å²) in [6, 6.07) is 38.7. The van der Waals surface area contributed by atoms with Crippen LogP contribution in [0.1, 0.15) is 48.9 Å². The maximum Gasteiger partial charge on any atom is 0.509 e. The fourth-order valence-corrected chi connectivity index (χ4v) is 8.48. The summed E-state index contributed by atoms with van der Waals surface area (Å²) in [5.74, 6) is -0.155. The summed E-state index contributed by atoms with van der Waals surface area (Å²) < 4.78 is 64.2. The molecular formula is C48H54O13S. The molecule has 0 aromatic heterocycles. The Balaban J connectivity index is 1.24. The van der Waals surface area contributed by atoms with Gasteiger partial charge in [-0.25, -0.2) is 4.79 Å². The van der Waals surface area contributed by atoms with Gasteiger partial charge in [0.1, 0.15) is 41.7 Å². The van der Waals surface area contributed by atoms with Gasteiger partial charge in [-0.05, 0) is 34.9 Å². The number of hydrogen-bond donors (Lipinski definition) is 0. The zero-order chi connectivity index (χ0) is 43.1. The highest BCUT2D eigenvalue weighted by Gasteiger charge is 2.58. The molecule has 3 heterocycles. The predicted octanol–water partition coefficient (Wildman–Crippen LogP) is 7.36. The predicted molar refractivity (Wildman–Crippen MR) is 227 cm³/mol. The first-order valence-electron chi connectivity index (χ1n) is 21.0. The van der Waals surface area contributed by atoms with E-state index in [4.69, 9.17) is 47.4 Å². The first kappa shape index (κ1) is 45.4. The van der Waals surface area contributed by atoms with E-state index in [0.717, 1.165) is 22.3 Å². The Kier molecular flexibility index (Phi) is 17.0. The Morgan fingerprint density at radius 3 is 1.58 bits per heavy atom. The van der Waals surface area contributed by atoms with Crippen LogP contribution in [-0.2, 0) is 83.4 Å². The molecule has 3 saturated heterocycles. The Hall–Kier alpha value is -4.64. The molecule has 0 amide bonds. The van der Waals surface area contributed by atoms with E-state index in [-0.39, 0.29) is 58.3 Å². The molecule has 3 aliphatic heterocycles. The number of ketones is 1. The van der Waals surface area contributed by atoms with E-state index < -0.39 is 72.7 Å². The zero-order valence-corrected chi connectivity index (χ0v) is 35.7. The zero-order valence-electron chi connectivity index (χ0n) is 34.9. The number of carbonyl (C=O) groups is 3. The molecule has 7 rings (SSSR count). The molecule has 0 saturated carbocycles. The van der Waals surface area contributed by atoms with E-state index in [9.17, 15) is 14.4 Å². The largest absolute Gasteiger partial charge is 0.509 e. The molecule has 13 nitrogen and oxygen atoms in total. The lowest BCUT2D eigenvalue weighted by molar-refractivity contribution is -0.346. The summed E-state index contributed by atoms with van der Waals surface area (Å²) in [5.41, 5.74) is 3.10. The maximum absolute atomic E-state index is 13.7. The molecule has 0 unspecified atom stereocenters. The van der Waals surface area contributed by atoms with Gasteiger partial charge in [0, 0.05) is 6.42 Å². The molecule has 4 aromatic rings. The average molecular weight is 871 g/mol. The third-order valence-corrected chi connectivity index (χ3v) is 11.6. The van der Waals surface area contributed by atoms with Gasteiger partial charge in [-0.1, -0.05) is 128 Å². The second kappa shape index (κ2) is 23.2. The number of hydrogen-bond acceptors (Lipinski definition) is 14. The van der Waals surface area contributed by atoms with E-state index in [0.29, 0.717) is 5.75 Å². The highest BCUT2D eigenvalue weighted by Crippen LogP contribution is 2.40. The van der Waals surface area contributed by atoms with Gasteiger partial charge in [0.15, 0.2) is 24.6 Å². The van der Waals surface area contributed by atoms with Crippen LogP contribution in [0.25, 0.3) is 0 Å². The lowest BCUT2D eigenvalue weighted by Crippen LogP contribution is -2.65. The summed E-state index contributed by atoms with van der Waals surface area (Å²) in [5, 5.41) is 0. The van der Waals surface area contributed by atoms with Crippen LogP contribution in [0.2, 0.25) is 0 Å². The number of fused-ring (bicyclic) bond motifs is 1. The fourth-order valence-electron chi connectivity index (χ4n) is 7.53. The van der Waals surface area contributed by atoms with E-state index in [1.54, 1.807) is 0 Å². The first-order valence-corrected chi connectivity index (χ1v) is 22.1. The number of Topliss-reactive ketones (excluding diaryl/α,β-unsaturated/α-hetero) is 1. The third kappa shape index (κ3) is 12.7. The quantitative estimate of drug-likeness (QED) is 0.0726. The molecule has 10 atom stereocenters. The van der Waals surface area contributed by atoms with Gasteiger partial charge in [0.25, 0.3) is 0 Å². The lowest BCUT2D eigenvalue weighted by Gasteiger charge is -2.48. The van der Waals surface area contributed by atoms with Gasteiger partial charge < -0.3 is 52.2 Å². The normalized spacial score (nSPS) is 26.8. The van der Waals surface area contributed by atoms with Crippen molar-refractivity contribution in [2.24, 2.45) is 0 Å². The van der Waals surface area contributed by atoms with Crippen molar-refractivity contribution in [1.82, 2.24) is 0 Å². The average Bonchev–Trinajstić information content (AvgIpc) is 3.69. The maximum atomic E-state index is 13.7. The smallest absolute Gasteiger partial charge is 0.454 e. The van der Waals surface area contributed by atoms with Crippen molar-refractivity contribution < 1.29 is 61.8 Å². The SMILES string of the molecule is CCS[C@@H]1O[C@H](COCc2ccccc2)[C@@H](O[C@@H]2O[C@H](COCc3ccccc3)[C@H](OCc3ccccc3)[C@H](OCc3ccccc3)[C@H]2OC(=O)CCC(C)=O)[C@@H]2OC(=O)O[C@H]21. The Morgan fingerprint density at radius 1 is 0.581 bits per heavy atom. The van der Waals surface area contributed by atoms with Crippen LogP contribution in [0, 0.1) is 0 Å². The van der Waals surface area contributed by atoms with Crippen LogP contribution < -0.4 is 0 Å². The van der Waals surface area contributed by atoms with Crippen molar-refractivity contribution in [1.29, 1.82) is 0 Å². The minimum atomic E-state index is -1.35. The lowest BCUT2D eigenvalue weighted by atomic mass is 9.96. The van der Waals surface area contributed by atoms with Crippen molar-refractivity contribution >= 4 is 29.7 Å². The van der Waals surface area contributed by atoms with Gasteiger partial charge in [0.2, 0.25) is 0 Å².